The molecule has 4 nitrogen and oxygen atoms in total. The Morgan fingerprint density at radius 1 is 1.44 bits per heavy atom. The summed E-state index contributed by atoms with van der Waals surface area (Å²) in [7, 11) is 0. The number of nitrogens with two attached hydrogens (primary N) is 1. The summed E-state index contributed by atoms with van der Waals surface area (Å²) in [6, 6.07) is 7.59. The van der Waals surface area contributed by atoms with Crippen LogP contribution >= 0.6 is 12.4 Å². The fourth-order valence-corrected chi connectivity index (χ4v) is 1.23. The molecule has 0 atom stereocenters. The summed E-state index contributed by atoms with van der Waals surface area (Å²) in [5, 5.41) is 2.72. The van der Waals surface area contributed by atoms with Crippen LogP contribution in [0.2, 0.25) is 0 Å². The first-order valence-corrected chi connectivity index (χ1v) is 5.62. The zero-order valence-electron chi connectivity index (χ0n) is 11.0. The molecule has 1 aromatic rings. The van der Waals surface area contributed by atoms with Gasteiger partial charge < -0.3 is 15.8 Å². The van der Waals surface area contributed by atoms with E-state index in [4.69, 9.17) is 10.5 Å². The van der Waals surface area contributed by atoms with Gasteiger partial charge in [0.15, 0.2) is 6.61 Å². The number of benzene rings is 1. The van der Waals surface area contributed by atoms with Crippen molar-refractivity contribution in [2.24, 2.45) is 5.73 Å². The highest BCUT2D eigenvalue weighted by Crippen LogP contribution is 2.11. The summed E-state index contributed by atoms with van der Waals surface area (Å²) in [5.74, 6) is 0.539. The molecule has 0 unspecified atom stereocenters. The molecule has 102 valence electrons. The fraction of sp³-hybridized carbons (Fsp3) is 0.462. The van der Waals surface area contributed by atoms with Crippen molar-refractivity contribution in [3.05, 3.63) is 29.8 Å². The summed E-state index contributed by atoms with van der Waals surface area (Å²) >= 11 is 0. The van der Waals surface area contributed by atoms with Gasteiger partial charge in [0.25, 0.3) is 5.91 Å². The van der Waals surface area contributed by atoms with Gasteiger partial charge in [0.2, 0.25) is 0 Å². The van der Waals surface area contributed by atoms with Crippen LogP contribution in [0.25, 0.3) is 0 Å². The lowest BCUT2D eigenvalue weighted by Gasteiger charge is -2.18. The predicted molar refractivity (Wildman–Crippen MR) is 75.2 cm³/mol. The van der Waals surface area contributed by atoms with Crippen molar-refractivity contribution in [2.45, 2.75) is 26.3 Å². The van der Waals surface area contributed by atoms with Crippen LogP contribution in [-0.2, 0) is 4.79 Å². The van der Waals surface area contributed by atoms with Crippen LogP contribution in [0.4, 0.5) is 0 Å². The average molecular weight is 273 g/mol. The first kappa shape index (κ1) is 16.7. The Labute approximate surface area is 114 Å². The molecular formula is C13H21ClN2O2. The minimum absolute atomic E-state index is 0. The van der Waals surface area contributed by atoms with Gasteiger partial charge in [-0.1, -0.05) is 12.1 Å². The van der Waals surface area contributed by atoms with Gasteiger partial charge in [0.1, 0.15) is 5.75 Å². The zero-order chi connectivity index (χ0) is 12.9. The number of carbonyl (C=O) groups is 1. The fourth-order valence-electron chi connectivity index (χ4n) is 1.23. The molecule has 0 saturated heterocycles. The Hall–Kier alpha value is -1.26. The molecule has 0 aromatic heterocycles. The predicted octanol–water partition coefficient (Wildman–Crippen LogP) is 1.65. The minimum Gasteiger partial charge on any atom is -0.484 e. The van der Waals surface area contributed by atoms with E-state index in [-0.39, 0.29) is 24.9 Å². The standard InChI is InChI=1S/C13H20N2O2.ClH/c1-10-5-4-6-11(7-10)17-8-12(16)15-9-13(2,3)14;/h4-7H,8-9,14H2,1-3H3,(H,15,16);1H. The summed E-state index contributed by atoms with van der Waals surface area (Å²) < 4.78 is 5.36. The third-order valence-corrected chi connectivity index (χ3v) is 2.10. The number of nitrogens with one attached hydrogen (secondary N) is 1. The molecule has 0 bridgehead atoms. The van der Waals surface area contributed by atoms with Gasteiger partial charge in [-0.05, 0) is 38.5 Å². The van der Waals surface area contributed by atoms with Gasteiger partial charge in [-0.15, -0.1) is 12.4 Å². The molecule has 3 N–H and O–H groups in total. The zero-order valence-corrected chi connectivity index (χ0v) is 11.8. The smallest absolute Gasteiger partial charge is 0.258 e. The highest BCUT2D eigenvalue weighted by molar-refractivity contribution is 5.85. The van der Waals surface area contributed by atoms with Crippen molar-refractivity contribution in [2.75, 3.05) is 13.2 Å². The Kier molecular flexibility index (Phi) is 6.73. The molecular weight excluding hydrogens is 252 g/mol. The third kappa shape index (κ3) is 7.14. The molecule has 0 fully saturated rings. The van der Waals surface area contributed by atoms with E-state index >= 15 is 0 Å². The van der Waals surface area contributed by atoms with Gasteiger partial charge in [-0.25, -0.2) is 0 Å². The quantitative estimate of drug-likeness (QED) is 0.857. The monoisotopic (exact) mass is 272 g/mol. The second-order valence-corrected chi connectivity index (χ2v) is 4.87. The van der Waals surface area contributed by atoms with Crippen LogP contribution < -0.4 is 15.8 Å². The van der Waals surface area contributed by atoms with Gasteiger partial charge in [0, 0.05) is 12.1 Å². The molecule has 0 aliphatic carbocycles. The molecule has 0 saturated carbocycles. The van der Waals surface area contributed by atoms with E-state index in [0.717, 1.165) is 5.56 Å². The SMILES string of the molecule is Cc1cccc(OCC(=O)NCC(C)(C)N)c1.Cl. The maximum Gasteiger partial charge on any atom is 0.258 e. The number of hydrogen-bond donors (Lipinski definition) is 2. The van der Waals surface area contributed by atoms with Crippen molar-refractivity contribution in [3.63, 3.8) is 0 Å². The molecule has 0 radical (unpaired) electrons. The molecule has 0 aliphatic heterocycles. The Balaban J connectivity index is 0.00000289. The van der Waals surface area contributed by atoms with Crippen LogP contribution in [0.3, 0.4) is 0 Å². The lowest BCUT2D eigenvalue weighted by Crippen LogP contribution is -2.46. The van der Waals surface area contributed by atoms with E-state index in [1.54, 1.807) is 0 Å². The number of aryl methyl sites for hydroxylation is 1. The maximum absolute atomic E-state index is 11.5. The molecule has 5 heteroatoms. The van der Waals surface area contributed by atoms with Gasteiger partial charge >= 0.3 is 0 Å². The lowest BCUT2D eigenvalue weighted by molar-refractivity contribution is -0.123. The highest BCUT2D eigenvalue weighted by atomic mass is 35.5. The second kappa shape index (κ2) is 7.24. The third-order valence-electron chi connectivity index (χ3n) is 2.10. The summed E-state index contributed by atoms with van der Waals surface area (Å²) in [5.41, 5.74) is 6.45. The van der Waals surface area contributed by atoms with Gasteiger partial charge in [0.05, 0.1) is 0 Å². The normalized spacial score (nSPS) is 10.4. The molecule has 0 spiro atoms. The van der Waals surface area contributed by atoms with E-state index < -0.39 is 5.54 Å². The largest absolute Gasteiger partial charge is 0.484 e. The van der Waals surface area contributed by atoms with E-state index in [1.807, 2.05) is 45.0 Å². The van der Waals surface area contributed by atoms with Crippen LogP contribution in [0.15, 0.2) is 24.3 Å². The van der Waals surface area contributed by atoms with Crippen molar-refractivity contribution >= 4 is 18.3 Å². The van der Waals surface area contributed by atoms with Gasteiger partial charge in [-0.3, -0.25) is 4.79 Å². The molecule has 0 aliphatic rings. The number of hydrogen-bond acceptors (Lipinski definition) is 3. The summed E-state index contributed by atoms with van der Waals surface area (Å²) in [6.07, 6.45) is 0. The number of carbonyl (C=O) groups excluding carboxylic acids is 1. The van der Waals surface area contributed by atoms with Crippen molar-refractivity contribution in [3.8, 4) is 5.75 Å². The summed E-state index contributed by atoms with van der Waals surface area (Å²) in [4.78, 5) is 11.5. The van der Waals surface area contributed by atoms with Crippen molar-refractivity contribution in [1.29, 1.82) is 0 Å². The molecule has 1 rings (SSSR count). The lowest BCUT2D eigenvalue weighted by atomic mass is 10.1. The second-order valence-electron chi connectivity index (χ2n) is 4.87. The van der Waals surface area contributed by atoms with Crippen LogP contribution in [0, 0.1) is 6.92 Å². The number of amides is 1. The van der Waals surface area contributed by atoms with E-state index in [2.05, 4.69) is 5.32 Å². The Morgan fingerprint density at radius 3 is 2.67 bits per heavy atom. The topological polar surface area (TPSA) is 64.3 Å². The number of ether oxygens (including phenoxy) is 1. The number of halogens is 1. The van der Waals surface area contributed by atoms with Crippen LogP contribution in [0.5, 0.6) is 5.75 Å². The Bertz CT molecular complexity index is 389. The first-order chi connectivity index (χ1) is 7.87. The first-order valence-electron chi connectivity index (χ1n) is 5.62. The average Bonchev–Trinajstić information content (AvgIpc) is 2.23. The van der Waals surface area contributed by atoms with Crippen LogP contribution in [0.1, 0.15) is 19.4 Å². The van der Waals surface area contributed by atoms with Crippen LogP contribution in [-0.4, -0.2) is 24.6 Å². The van der Waals surface area contributed by atoms with Crippen molar-refractivity contribution < 1.29 is 9.53 Å². The van der Waals surface area contributed by atoms with E-state index in [1.165, 1.54) is 0 Å². The molecule has 18 heavy (non-hydrogen) atoms. The van der Waals surface area contributed by atoms with Gasteiger partial charge in [-0.2, -0.15) is 0 Å². The maximum atomic E-state index is 11.5. The summed E-state index contributed by atoms with van der Waals surface area (Å²) in [6.45, 7) is 6.13. The minimum atomic E-state index is -0.404. The van der Waals surface area contributed by atoms with E-state index in [0.29, 0.717) is 12.3 Å². The van der Waals surface area contributed by atoms with Crippen molar-refractivity contribution in [1.82, 2.24) is 5.32 Å². The molecule has 0 heterocycles. The highest BCUT2D eigenvalue weighted by Gasteiger charge is 2.12. The molecule has 1 amide bonds. The number of rotatable bonds is 5. The van der Waals surface area contributed by atoms with E-state index in [9.17, 15) is 4.79 Å². The molecule has 1 aromatic carbocycles. The Morgan fingerprint density at radius 2 is 2.11 bits per heavy atom.